The third-order valence-electron chi connectivity index (χ3n) is 3.94. The van der Waals surface area contributed by atoms with E-state index in [0.717, 1.165) is 0 Å². The van der Waals surface area contributed by atoms with Crippen molar-refractivity contribution in [2.45, 2.75) is 18.6 Å². The number of aliphatic hydroxyl groups excluding tert-OH is 8. The fourth-order valence-electron chi connectivity index (χ4n) is 2.35. The minimum absolute atomic E-state index is 0.0861. The van der Waals surface area contributed by atoms with Crippen LogP contribution in [-0.4, -0.2) is 92.7 Å². The summed E-state index contributed by atoms with van der Waals surface area (Å²) in [5, 5.41) is 75.0. The molecule has 0 aromatic rings. The average molecular weight is 312 g/mol. The standard InChI is InChI=1S/C13H28O8/c14-2-8(3-15)1-9(4-16)12(20)13(21)11(7-19)10(5-17)6-18/h8-21H,1-7H2. The van der Waals surface area contributed by atoms with Gasteiger partial charge in [-0.05, 0) is 6.42 Å². The lowest BCUT2D eigenvalue weighted by molar-refractivity contribution is -0.0986. The van der Waals surface area contributed by atoms with Crippen molar-refractivity contribution in [3.63, 3.8) is 0 Å². The maximum absolute atomic E-state index is 10.1. The first-order chi connectivity index (χ1) is 10.00. The van der Waals surface area contributed by atoms with E-state index >= 15 is 0 Å². The Morgan fingerprint density at radius 1 is 0.524 bits per heavy atom. The molecular weight excluding hydrogens is 284 g/mol. The van der Waals surface area contributed by atoms with E-state index in [0.29, 0.717) is 0 Å². The van der Waals surface area contributed by atoms with E-state index in [1.807, 2.05) is 0 Å². The van der Waals surface area contributed by atoms with Crippen LogP contribution < -0.4 is 0 Å². The third-order valence-corrected chi connectivity index (χ3v) is 3.94. The van der Waals surface area contributed by atoms with Gasteiger partial charge in [0.25, 0.3) is 0 Å². The van der Waals surface area contributed by atoms with Gasteiger partial charge in [0.1, 0.15) is 0 Å². The molecule has 8 N–H and O–H groups in total. The van der Waals surface area contributed by atoms with Gasteiger partial charge in [-0.2, -0.15) is 0 Å². The van der Waals surface area contributed by atoms with Crippen LogP contribution in [0.1, 0.15) is 6.42 Å². The van der Waals surface area contributed by atoms with Crippen LogP contribution in [-0.2, 0) is 0 Å². The van der Waals surface area contributed by atoms with Gasteiger partial charge in [0, 0.05) is 63.3 Å². The molecule has 0 fully saturated rings. The number of hydrogen-bond donors (Lipinski definition) is 8. The van der Waals surface area contributed by atoms with Crippen LogP contribution in [0.3, 0.4) is 0 Å². The number of aliphatic hydroxyl groups is 8. The molecule has 8 heteroatoms. The molecule has 0 aromatic heterocycles. The van der Waals surface area contributed by atoms with Crippen LogP contribution in [0.15, 0.2) is 0 Å². The number of hydrogen-bond acceptors (Lipinski definition) is 8. The van der Waals surface area contributed by atoms with E-state index in [9.17, 15) is 20.4 Å². The van der Waals surface area contributed by atoms with Gasteiger partial charge >= 0.3 is 0 Å². The molecule has 0 aliphatic carbocycles. The van der Waals surface area contributed by atoms with E-state index in [-0.39, 0.29) is 19.6 Å². The Kier molecular flexibility index (Phi) is 11.1. The zero-order valence-electron chi connectivity index (χ0n) is 12.0. The molecule has 8 nitrogen and oxygen atoms in total. The van der Waals surface area contributed by atoms with Gasteiger partial charge in [-0.1, -0.05) is 0 Å². The largest absolute Gasteiger partial charge is 0.396 e. The fourth-order valence-corrected chi connectivity index (χ4v) is 2.35. The Morgan fingerprint density at radius 2 is 1.00 bits per heavy atom. The molecule has 0 aliphatic heterocycles. The van der Waals surface area contributed by atoms with E-state index in [2.05, 4.69) is 0 Å². The lowest BCUT2D eigenvalue weighted by atomic mass is 9.80. The summed E-state index contributed by atoms with van der Waals surface area (Å²) in [6, 6.07) is 0. The van der Waals surface area contributed by atoms with Crippen molar-refractivity contribution in [3.05, 3.63) is 0 Å². The van der Waals surface area contributed by atoms with E-state index in [1.165, 1.54) is 0 Å². The normalized spacial score (nSPS) is 18.0. The van der Waals surface area contributed by atoms with Crippen LogP contribution in [0.25, 0.3) is 0 Å². The van der Waals surface area contributed by atoms with Crippen molar-refractivity contribution in [1.29, 1.82) is 0 Å². The molecule has 4 unspecified atom stereocenters. The highest BCUT2D eigenvalue weighted by Crippen LogP contribution is 2.25. The maximum atomic E-state index is 10.1. The van der Waals surface area contributed by atoms with Crippen LogP contribution in [0.5, 0.6) is 0 Å². The molecular formula is C13H28O8. The molecule has 0 bridgehead atoms. The monoisotopic (exact) mass is 312 g/mol. The lowest BCUT2D eigenvalue weighted by Crippen LogP contribution is -2.46. The Labute approximate surface area is 123 Å². The second-order valence-electron chi connectivity index (χ2n) is 5.36. The molecule has 0 heterocycles. The Morgan fingerprint density at radius 3 is 1.33 bits per heavy atom. The number of rotatable bonds is 12. The van der Waals surface area contributed by atoms with Crippen LogP contribution >= 0.6 is 0 Å². The van der Waals surface area contributed by atoms with Crippen molar-refractivity contribution in [1.82, 2.24) is 0 Å². The first-order valence-corrected chi connectivity index (χ1v) is 7.01. The first-order valence-electron chi connectivity index (χ1n) is 7.01. The molecule has 0 rings (SSSR count). The zero-order chi connectivity index (χ0) is 16.4. The van der Waals surface area contributed by atoms with Crippen molar-refractivity contribution >= 4 is 0 Å². The van der Waals surface area contributed by atoms with Crippen LogP contribution in [0.2, 0.25) is 0 Å². The molecule has 0 radical (unpaired) electrons. The highest BCUT2D eigenvalue weighted by molar-refractivity contribution is 4.85. The molecule has 0 aliphatic rings. The van der Waals surface area contributed by atoms with Crippen molar-refractivity contribution < 1.29 is 40.9 Å². The predicted molar refractivity (Wildman–Crippen MR) is 73.1 cm³/mol. The molecule has 0 saturated carbocycles. The van der Waals surface area contributed by atoms with Crippen molar-refractivity contribution in [2.75, 3.05) is 39.6 Å². The summed E-state index contributed by atoms with van der Waals surface area (Å²) < 4.78 is 0. The third kappa shape index (κ3) is 6.13. The van der Waals surface area contributed by atoms with Gasteiger partial charge in [0.2, 0.25) is 0 Å². The second kappa shape index (κ2) is 11.3. The van der Waals surface area contributed by atoms with Gasteiger partial charge < -0.3 is 40.9 Å². The Hall–Kier alpha value is -0.320. The Balaban J connectivity index is 4.85. The highest BCUT2D eigenvalue weighted by Gasteiger charge is 2.36. The SMILES string of the molecule is OCC(CO)CC(CO)C(O)C(O)C(CO)C(CO)CO. The van der Waals surface area contributed by atoms with Crippen LogP contribution in [0.4, 0.5) is 0 Å². The first kappa shape index (κ1) is 20.7. The van der Waals surface area contributed by atoms with E-state index in [4.69, 9.17) is 20.4 Å². The summed E-state index contributed by atoms with van der Waals surface area (Å²) in [6.07, 6.45) is -2.80. The molecule has 128 valence electrons. The minimum Gasteiger partial charge on any atom is -0.396 e. The summed E-state index contributed by atoms with van der Waals surface area (Å²) in [7, 11) is 0. The van der Waals surface area contributed by atoms with Crippen LogP contribution in [0, 0.1) is 23.7 Å². The summed E-state index contributed by atoms with van der Waals surface area (Å²) >= 11 is 0. The minimum atomic E-state index is -1.46. The summed E-state index contributed by atoms with van der Waals surface area (Å²) in [5.74, 6) is -3.10. The van der Waals surface area contributed by atoms with Gasteiger partial charge in [0.15, 0.2) is 0 Å². The quantitative estimate of drug-likeness (QED) is 0.184. The lowest BCUT2D eigenvalue weighted by Gasteiger charge is -2.34. The zero-order valence-corrected chi connectivity index (χ0v) is 12.0. The Bertz CT molecular complexity index is 244. The molecule has 0 spiro atoms. The smallest absolute Gasteiger partial charge is 0.0857 e. The highest BCUT2D eigenvalue weighted by atomic mass is 16.3. The molecule has 0 amide bonds. The maximum Gasteiger partial charge on any atom is 0.0857 e. The van der Waals surface area contributed by atoms with Crippen molar-refractivity contribution in [3.8, 4) is 0 Å². The van der Waals surface area contributed by atoms with Gasteiger partial charge in [0.05, 0.1) is 12.2 Å². The molecule has 4 atom stereocenters. The van der Waals surface area contributed by atoms with E-state index < -0.39 is 62.3 Å². The summed E-state index contributed by atoms with van der Waals surface area (Å²) in [6.45, 7) is -2.61. The molecule has 0 saturated heterocycles. The molecule has 21 heavy (non-hydrogen) atoms. The van der Waals surface area contributed by atoms with Crippen molar-refractivity contribution in [2.24, 2.45) is 23.7 Å². The average Bonchev–Trinajstić information content (AvgIpc) is 2.52. The van der Waals surface area contributed by atoms with E-state index in [1.54, 1.807) is 0 Å². The fraction of sp³-hybridized carbons (Fsp3) is 1.00. The van der Waals surface area contributed by atoms with Gasteiger partial charge in [-0.25, -0.2) is 0 Å². The topological polar surface area (TPSA) is 162 Å². The summed E-state index contributed by atoms with van der Waals surface area (Å²) in [5.41, 5.74) is 0. The predicted octanol–water partition coefficient (Wildman–Crippen LogP) is -3.48. The van der Waals surface area contributed by atoms with Gasteiger partial charge in [-0.15, -0.1) is 0 Å². The van der Waals surface area contributed by atoms with Gasteiger partial charge in [-0.3, -0.25) is 0 Å². The second-order valence-corrected chi connectivity index (χ2v) is 5.36. The summed E-state index contributed by atoms with van der Waals surface area (Å²) in [4.78, 5) is 0. The molecule has 0 aromatic carbocycles.